The standard InChI is InChI=1S/C29H28N4O3/c1-20(2)32-16-17-33-25(18-23-10-6-7-11-24(23)22-12-14-30-15-13-22)31-28(34)27(26(33)29(32)35)36-19-21-8-4-3-5-9-21/h3-15,20H,16-19H2,1-2H3. The number of benzene rings is 2. The SMILES string of the molecule is CC(C)N1CCn2c(Cc3ccccc3-c3ccncc3)nc(=O)c(OCc3ccccc3)c2C1=O. The molecule has 0 unspecified atom stereocenters. The molecule has 36 heavy (non-hydrogen) atoms. The average molecular weight is 481 g/mol. The fourth-order valence-corrected chi connectivity index (χ4v) is 4.63. The van der Waals surface area contributed by atoms with Gasteiger partial charge in [-0.1, -0.05) is 54.6 Å². The van der Waals surface area contributed by atoms with Gasteiger partial charge in [0.1, 0.15) is 12.4 Å². The predicted octanol–water partition coefficient (Wildman–Crippen LogP) is 4.34. The summed E-state index contributed by atoms with van der Waals surface area (Å²) in [5, 5.41) is 0. The number of carbonyl (C=O) groups excluding carboxylic acids is 1. The third-order valence-corrected chi connectivity index (χ3v) is 6.46. The van der Waals surface area contributed by atoms with Gasteiger partial charge < -0.3 is 14.2 Å². The Kier molecular flexibility index (Phi) is 6.62. The maximum Gasteiger partial charge on any atom is 0.316 e. The molecule has 0 aliphatic carbocycles. The van der Waals surface area contributed by atoms with Crippen molar-refractivity contribution in [2.24, 2.45) is 0 Å². The zero-order valence-electron chi connectivity index (χ0n) is 20.4. The molecular formula is C29H28N4O3. The largest absolute Gasteiger partial charge is 0.481 e. The summed E-state index contributed by atoms with van der Waals surface area (Å²) in [7, 11) is 0. The lowest BCUT2D eigenvalue weighted by Crippen LogP contribution is -2.46. The predicted molar refractivity (Wildman–Crippen MR) is 138 cm³/mol. The van der Waals surface area contributed by atoms with Crippen LogP contribution in [0.5, 0.6) is 5.75 Å². The fourth-order valence-electron chi connectivity index (χ4n) is 4.63. The van der Waals surface area contributed by atoms with E-state index >= 15 is 0 Å². The van der Waals surface area contributed by atoms with E-state index in [0.717, 1.165) is 22.3 Å². The third-order valence-electron chi connectivity index (χ3n) is 6.46. The molecule has 182 valence electrons. The van der Waals surface area contributed by atoms with Crippen LogP contribution in [0.4, 0.5) is 0 Å². The molecule has 0 saturated heterocycles. The van der Waals surface area contributed by atoms with Crippen molar-refractivity contribution in [2.75, 3.05) is 6.54 Å². The summed E-state index contributed by atoms with van der Waals surface area (Å²) in [5.74, 6) is 0.364. The highest BCUT2D eigenvalue weighted by molar-refractivity contribution is 5.96. The molecule has 1 aliphatic rings. The lowest BCUT2D eigenvalue weighted by atomic mass is 9.98. The quantitative estimate of drug-likeness (QED) is 0.393. The summed E-state index contributed by atoms with van der Waals surface area (Å²) < 4.78 is 7.84. The summed E-state index contributed by atoms with van der Waals surface area (Å²) in [6.45, 7) is 5.22. The Hall–Kier alpha value is -4.26. The summed E-state index contributed by atoms with van der Waals surface area (Å²) in [6, 6.07) is 21.5. The maximum absolute atomic E-state index is 13.6. The molecule has 2 aromatic carbocycles. The first kappa shape index (κ1) is 23.5. The summed E-state index contributed by atoms with van der Waals surface area (Å²) >= 11 is 0. The number of rotatable bonds is 7. The Labute approximate surface area is 210 Å². The van der Waals surface area contributed by atoms with E-state index in [1.165, 1.54) is 0 Å². The minimum absolute atomic E-state index is 0.00681. The van der Waals surface area contributed by atoms with Crippen molar-refractivity contribution in [3.63, 3.8) is 0 Å². The van der Waals surface area contributed by atoms with Crippen molar-refractivity contribution < 1.29 is 9.53 Å². The second kappa shape index (κ2) is 10.2. The second-order valence-electron chi connectivity index (χ2n) is 9.10. The number of hydrogen-bond donors (Lipinski definition) is 0. The van der Waals surface area contributed by atoms with E-state index in [0.29, 0.717) is 25.3 Å². The van der Waals surface area contributed by atoms with Gasteiger partial charge in [0, 0.05) is 37.9 Å². The van der Waals surface area contributed by atoms with Gasteiger partial charge in [0.2, 0.25) is 5.75 Å². The van der Waals surface area contributed by atoms with Crippen molar-refractivity contribution in [2.45, 2.75) is 39.5 Å². The molecule has 4 aromatic rings. The van der Waals surface area contributed by atoms with Crippen molar-refractivity contribution in [1.82, 2.24) is 19.4 Å². The fraction of sp³-hybridized carbons (Fsp3) is 0.241. The number of aromatic nitrogens is 3. The summed E-state index contributed by atoms with van der Waals surface area (Å²) in [6.07, 6.45) is 3.93. The minimum atomic E-state index is -0.521. The van der Waals surface area contributed by atoms with Crippen LogP contribution in [0.2, 0.25) is 0 Å². The molecule has 3 heterocycles. The Morgan fingerprint density at radius 3 is 2.39 bits per heavy atom. The molecule has 7 nitrogen and oxygen atoms in total. The average Bonchev–Trinajstić information content (AvgIpc) is 2.90. The number of hydrogen-bond acceptors (Lipinski definition) is 5. The highest BCUT2D eigenvalue weighted by Gasteiger charge is 2.33. The van der Waals surface area contributed by atoms with Crippen LogP contribution in [0.25, 0.3) is 11.1 Å². The normalized spacial score (nSPS) is 13.1. The number of pyridine rings is 1. The van der Waals surface area contributed by atoms with Crippen LogP contribution in [-0.4, -0.2) is 37.9 Å². The number of carbonyl (C=O) groups is 1. The highest BCUT2D eigenvalue weighted by Crippen LogP contribution is 2.28. The Morgan fingerprint density at radius 2 is 1.64 bits per heavy atom. The Bertz CT molecular complexity index is 1430. The minimum Gasteiger partial charge on any atom is -0.481 e. The lowest BCUT2D eigenvalue weighted by Gasteiger charge is -2.34. The van der Waals surface area contributed by atoms with Crippen LogP contribution in [0.15, 0.2) is 83.9 Å². The first-order chi connectivity index (χ1) is 17.5. The lowest BCUT2D eigenvalue weighted by molar-refractivity contribution is 0.0634. The highest BCUT2D eigenvalue weighted by atomic mass is 16.5. The number of fused-ring (bicyclic) bond motifs is 1. The Balaban J connectivity index is 1.58. The smallest absolute Gasteiger partial charge is 0.316 e. The molecule has 2 aromatic heterocycles. The van der Waals surface area contributed by atoms with Crippen molar-refractivity contribution in [3.05, 3.63) is 112 Å². The van der Waals surface area contributed by atoms with E-state index in [1.807, 2.05) is 85.1 Å². The van der Waals surface area contributed by atoms with Crippen molar-refractivity contribution in [1.29, 1.82) is 0 Å². The van der Waals surface area contributed by atoms with Crippen LogP contribution in [0.1, 0.15) is 41.3 Å². The molecule has 0 fully saturated rings. The van der Waals surface area contributed by atoms with Gasteiger partial charge in [0.25, 0.3) is 5.91 Å². The zero-order chi connectivity index (χ0) is 25.1. The maximum atomic E-state index is 13.6. The summed E-state index contributed by atoms with van der Waals surface area (Å²) in [5.41, 5.74) is 3.76. The molecule has 0 spiro atoms. The van der Waals surface area contributed by atoms with Gasteiger partial charge in [-0.2, -0.15) is 4.98 Å². The molecule has 1 aliphatic heterocycles. The van der Waals surface area contributed by atoms with Gasteiger partial charge in [-0.05, 0) is 48.2 Å². The monoisotopic (exact) mass is 480 g/mol. The van der Waals surface area contributed by atoms with E-state index < -0.39 is 5.56 Å². The molecule has 7 heteroatoms. The van der Waals surface area contributed by atoms with E-state index in [1.54, 1.807) is 17.3 Å². The van der Waals surface area contributed by atoms with Gasteiger partial charge in [-0.15, -0.1) is 0 Å². The molecule has 0 saturated carbocycles. The van der Waals surface area contributed by atoms with Crippen LogP contribution in [0.3, 0.4) is 0 Å². The van der Waals surface area contributed by atoms with Gasteiger partial charge in [-0.25, -0.2) is 0 Å². The van der Waals surface area contributed by atoms with E-state index in [4.69, 9.17) is 4.74 Å². The van der Waals surface area contributed by atoms with Crippen molar-refractivity contribution in [3.8, 4) is 16.9 Å². The van der Waals surface area contributed by atoms with Gasteiger partial charge in [0.15, 0.2) is 5.69 Å². The second-order valence-corrected chi connectivity index (χ2v) is 9.10. The first-order valence-electron chi connectivity index (χ1n) is 12.1. The van der Waals surface area contributed by atoms with E-state index in [-0.39, 0.29) is 30.0 Å². The van der Waals surface area contributed by atoms with Gasteiger partial charge in [-0.3, -0.25) is 14.6 Å². The van der Waals surface area contributed by atoms with Gasteiger partial charge in [0.05, 0.1) is 0 Å². The molecular weight excluding hydrogens is 452 g/mol. The van der Waals surface area contributed by atoms with Crippen LogP contribution >= 0.6 is 0 Å². The summed E-state index contributed by atoms with van der Waals surface area (Å²) in [4.78, 5) is 37.2. The molecule has 0 bridgehead atoms. The van der Waals surface area contributed by atoms with E-state index in [2.05, 4.69) is 9.97 Å². The van der Waals surface area contributed by atoms with Crippen LogP contribution in [-0.2, 0) is 19.6 Å². The first-order valence-corrected chi connectivity index (χ1v) is 12.1. The topological polar surface area (TPSA) is 77.3 Å². The van der Waals surface area contributed by atoms with Crippen LogP contribution in [0, 0.1) is 0 Å². The van der Waals surface area contributed by atoms with Crippen molar-refractivity contribution >= 4 is 5.91 Å². The number of nitrogens with zero attached hydrogens (tertiary/aromatic N) is 4. The Morgan fingerprint density at radius 1 is 0.917 bits per heavy atom. The number of ether oxygens (including phenoxy) is 1. The molecule has 0 atom stereocenters. The molecule has 0 radical (unpaired) electrons. The molecule has 5 rings (SSSR count). The van der Waals surface area contributed by atoms with E-state index in [9.17, 15) is 9.59 Å². The van der Waals surface area contributed by atoms with Gasteiger partial charge >= 0.3 is 5.56 Å². The molecule has 1 amide bonds. The zero-order valence-corrected chi connectivity index (χ0v) is 20.4. The molecule has 0 N–H and O–H groups in total. The number of amides is 1. The van der Waals surface area contributed by atoms with Crippen LogP contribution < -0.4 is 10.3 Å². The third kappa shape index (κ3) is 4.64.